The fraction of sp³-hybridized carbons (Fsp3) is 0.217. The van der Waals surface area contributed by atoms with E-state index in [0.717, 1.165) is 36.0 Å². The van der Waals surface area contributed by atoms with E-state index in [1.165, 1.54) is 27.4 Å². The maximum Gasteiger partial charge on any atom is 0.131 e. The molecule has 3 aromatic carbocycles. The Balaban J connectivity index is 1.85. The van der Waals surface area contributed by atoms with Crippen LogP contribution in [0.3, 0.4) is 0 Å². The van der Waals surface area contributed by atoms with Gasteiger partial charge in [-0.05, 0) is 46.7 Å². The van der Waals surface area contributed by atoms with Crippen LogP contribution in [0.15, 0.2) is 66.7 Å². The predicted octanol–water partition coefficient (Wildman–Crippen LogP) is 5.44. The van der Waals surface area contributed by atoms with E-state index in [0.29, 0.717) is 5.56 Å². The Hall–Kier alpha value is -2.19. The Morgan fingerprint density at radius 2 is 1.28 bits per heavy atom. The second-order valence-corrected chi connectivity index (χ2v) is 7.59. The van der Waals surface area contributed by atoms with E-state index in [-0.39, 0.29) is 5.82 Å². The molecule has 0 heterocycles. The molecule has 128 valence electrons. The van der Waals surface area contributed by atoms with Gasteiger partial charge >= 0.3 is 0 Å². The Morgan fingerprint density at radius 3 is 1.84 bits per heavy atom. The monoisotopic (exact) mass is 348 g/mol. The van der Waals surface area contributed by atoms with Gasteiger partial charge in [-0.3, -0.25) is 0 Å². The lowest BCUT2D eigenvalue weighted by Crippen LogP contribution is -1.89. The summed E-state index contributed by atoms with van der Waals surface area (Å²) < 4.78 is 14.7. The maximum absolute atomic E-state index is 14.7. The second kappa shape index (κ2) is 8.26. The van der Waals surface area contributed by atoms with Crippen LogP contribution in [-0.4, -0.2) is 10.2 Å². The van der Waals surface area contributed by atoms with Gasteiger partial charge < -0.3 is 0 Å². The van der Waals surface area contributed by atoms with Gasteiger partial charge in [0.1, 0.15) is 5.82 Å². The molecule has 0 saturated heterocycles. The molecule has 0 saturated carbocycles. The lowest BCUT2D eigenvalue weighted by molar-refractivity contribution is 0.632. The molecule has 25 heavy (non-hydrogen) atoms. The summed E-state index contributed by atoms with van der Waals surface area (Å²) >= 11 is 0. The number of hydrogen-bond acceptors (Lipinski definition) is 0. The fourth-order valence-electron chi connectivity index (χ4n) is 3.22. The molecule has 0 aliphatic heterocycles. The summed E-state index contributed by atoms with van der Waals surface area (Å²) in [5, 5.41) is 0. The molecule has 3 rings (SSSR count). The van der Waals surface area contributed by atoms with Crippen molar-refractivity contribution in [1.29, 1.82) is 0 Å². The van der Waals surface area contributed by atoms with E-state index >= 15 is 0 Å². The highest BCUT2D eigenvalue weighted by atomic mass is 28.1. The summed E-state index contributed by atoms with van der Waals surface area (Å²) in [6, 6.07) is 23.6. The molecule has 0 bridgehead atoms. The predicted molar refractivity (Wildman–Crippen MR) is 110 cm³/mol. The van der Waals surface area contributed by atoms with E-state index in [1.807, 2.05) is 24.3 Å². The molecule has 0 radical (unpaired) electrons. The summed E-state index contributed by atoms with van der Waals surface area (Å²) in [6.45, 7) is 2.17. The topological polar surface area (TPSA) is 0 Å². The number of hydrogen-bond donors (Lipinski definition) is 0. The molecular formula is C23H25FSi. The van der Waals surface area contributed by atoms with Gasteiger partial charge in [0.25, 0.3) is 0 Å². The Morgan fingerprint density at radius 1 is 0.720 bits per heavy atom. The zero-order chi connectivity index (χ0) is 17.6. The number of benzene rings is 3. The fourth-order valence-corrected chi connectivity index (χ4v) is 3.80. The van der Waals surface area contributed by atoms with Gasteiger partial charge in [0, 0.05) is 15.8 Å². The van der Waals surface area contributed by atoms with Crippen molar-refractivity contribution in [3.63, 3.8) is 0 Å². The Labute approximate surface area is 153 Å². The number of rotatable bonds is 6. The van der Waals surface area contributed by atoms with Gasteiger partial charge in [0.15, 0.2) is 0 Å². The largest absolute Gasteiger partial charge is 0.206 e. The third kappa shape index (κ3) is 4.26. The van der Waals surface area contributed by atoms with Crippen LogP contribution in [0.4, 0.5) is 4.39 Å². The number of halogens is 1. The average molecular weight is 349 g/mol. The third-order valence-electron chi connectivity index (χ3n) is 4.60. The molecule has 3 aromatic rings. The first-order chi connectivity index (χ1) is 12.2. The highest BCUT2D eigenvalue weighted by Gasteiger charge is 2.08. The molecule has 0 aliphatic carbocycles. The lowest BCUT2D eigenvalue weighted by Gasteiger charge is -2.09. The van der Waals surface area contributed by atoms with Crippen molar-refractivity contribution < 1.29 is 4.39 Å². The van der Waals surface area contributed by atoms with Crippen molar-refractivity contribution >= 4 is 10.2 Å². The molecular weight excluding hydrogens is 323 g/mol. The van der Waals surface area contributed by atoms with Crippen molar-refractivity contribution in [2.24, 2.45) is 0 Å². The van der Waals surface area contributed by atoms with Crippen LogP contribution < -0.4 is 0 Å². The van der Waals surface area contributed by atoms with E-state index in [4.69, 9.17) is 0 Å². The van der Waals surface area contributed by atoms with Gasteiger partial charge in [-0.25, -0.2) is 4.39 Å². The molecule has 0 aromatic heterocycles. The van der Waals surface area contributed by atoms with Gasteiger partial charge in [0.2, 0.25) is 0 Å². The first kappa shape index (κ1) is 17.6. The van der Waals surface area contributed by atoms with Crippen molar-refractivity contribution in [2.45, 2.75) is 32.2 Å². The standard InChI is InChI=1S/C23H25FSi/c1-2-3-17-6-10-20(11-7-17)22-13-12-21(16-23(22)24)19-8-4-18(5-9-19)14-15-25/h4-13,16H,2-3,14-15H2,1,25H3. The van der Waals surface area contributed by atoms with Crippen molar-refractivity contribution in [3.8, 4) is 22.3 Å². The first-order valence-electron chi connectivity index (χ1n) is 9.19. The summed E-state index contributed by atoms with van der Waals surface area (Å²) in [7, 11) is 1.23. The Kier molecular flexibility index (Phi) is 5.82. The third-order valence-corrected chi connectivity index (χ3v) is 5.10. The summed E-state index contributed by atoms with van der Waals surface area (Å²) in [6.07, 6.45) is 3.34. The first-order valence-corrected chi connectivity index (χ1v) is 10.6. The lowest BCUT2D eigenvalue weighted by atomic mass is 9.97. The molecule has 0 spiro atoms. The number of aryl methyl sites for hydroxylation is 2. The molecule has 0 amide bonds. The average Bonchev–Trinajstić information content (AvgIpc) is 2.64. The molecule has 0 atom stereocenters. The van der Waals surface area contributed by atoms with Gasteiger partial charge in [-0.15, -0.1) is 0 Å². The summed E-state index contributed by atoms with van der Waals surface area (Å²) in [5.41, 5.74) is 6.27. The highest BCUT2D eigenvalue weighted by Crippen LogP contribution is 2.28. The van der Waals surface area contributed by atoms with Crippen LogP contribution in [0.2, 0.25) is 6.04 Å². The quantitative estimate of drug-likeness (QED) is 0.520. The minimum absolute atomic E-state index is 0.163. The van der Waals surface area contributed by atoms with Crippen LogP contribution >= 0.6 is 0 Å². The second-order valence-electron chi connectivity index (χ2n) is 6.59. The summed E-state index contributed by atoms with van der Waals surface area (Å²) in [5.74, 6) is -0.163. The van der Waals surface area contributed by atoms with Crippen LogP contribution in [-0.2, 0) is 12.8 Å². The van der Waals surface area contributed by atoms with Gasteiger partial charge in [0.05, 0.1) is 0 Å². The molecule has 0 nitrogen and oxygen atoms in total. The van der Waals surface area contributed by atoms with Crippen LogP contribution in [0.1, 0.15) is 24.5 Å². The minimum atomic E-state index is -0.163. The highest BCUT2D eigenvalue weighted by molar-refractivity contribution is 6.08. The van der Waals surface area contributed by atoms with E-state index in [2.05, 4.69) is 43.3 Å². The SMILES string of the molecule is CCCc1ccc(-c2ccc(-c3ccc(CC[SiH3])cc3)cc2F)cc1. The molecule has 0 fully saturated rings. The smallest absolute Gasteiger partial charge is 0.131 e. The van der Waals surface area contributed by atoms with E-state index in [9.17, 15) is 4.39 Å². The zero-order valence-corrected chi connectivity index (χ0v) is 17.1. The van der Waals surface area contributed by atoms with Crippen molar-refractivity contribution in [2.75, 3.05) is 0 Å². The van der Waals surface area contributed by atoms with Gasteiger partial charge in [-0.1, -0.05) is 80.1 Å². The normalized spacial score (nSPS) is 11.0. The molecule has 0 aliphatic rings. The Bertz CT molecular complexity index is 820. The molecule has 0 N–H and O–H groups in total. The van der Waals surface area contributed by atoms with Crippen molar-refractivity contribution in [1.82, 2.24) is 0 Å². The minimum Gasteiger partial charge on any atom is -0.206 e. The van der Waals surface area contributed by atoms with Crippen LogP contribution in [0, 0.1) is 5.82 Å². The van der Waals surface area contributed by atoms with Gasteiger partial charge in [-0.2, -0.15) is 0 Å². The van der Waals surface area contributed by atoms with E-state index < -0.39 is 0 Å². The molecule has 0 unspecified atom stereocenters. The summed E-state index contributed by atoms with van der Waals surface area (Å²) in [4.78, 5) is 0. The van der Waals surface area contributed by atoms with Crippen molar-refractivity contribution in [3.05, 3.63) is 83.7 Å². The maximum atomic E-state index is 14.7. The zero-order valence-electron chi connectivity index (χ0n) is 15.1. The van der Waals surface area contributed by atoms with Crippen LogP contribution in [0.5, 0.6) is 0 Å². The van der Waals surface area contributed by atoms with Crippen LogP contribution in [0.25, 0.3) is 22.3 Å². The molecule has 2 heteroatoms. The van der Waals surface area contributed by atoms with E-state index in [1.54, 1.807) is 6.07 Å².